The van der Waals surface area contributed by atoms with Crippen LogP contribution in [0.3, 0.4) is 0 Å². The van der Waals surface area contributed by atoms with Crippen LogP contribution in [0.2, 0.25) is 0 Å². The number of likely N-dealkylation sites (tertiary alicyclic amines) is 2. The summed E-state index contributed by atoms with van der Waals surface area (Å²) < 4.78 is 28.4. The Labute approximate surface area is 228 Å². The van der Waals surface area contributed by atoms with Crippen LogP contribution in [-0.2, 0) is 25.4 Å². The summed E-state index contributed by atoms with van der Waals surface area (Å²) in [6.45, 7) is 1.01. The van der Waals surface area contributed by atoms with Gasteiger partial charge in [0.25, 0.3) is 0 Å². The van der Waals surface area contributed by atoms with Crippen molar-refractivity contribution in [2.24, 2.45) is 17.4 Å². The van der Waals surface area contributed by atoms with E-state index < -0.39 is 46.7 Å². The van der Waals surface area contributed by atoms with Crippen molar-refractivity contribution in [3.8, 4) is 0 Å². The predicted octanol–water partition coefficient (Wildman–Crippen LogP) is -1.62. The zero-order chi connectivity index (χ0) is 28.6. The number of nitrogens with two attached hydrogens (primary N) is 2. The lowest BCUT2D eigenvalue weighted by atomic mass is 9.91. The maximum absolute atomic E-state index is 13.2. The van der Waals surface area contributed by atoms with Crippen molar-refractivity contribution in [3.63, 3.8) is 0 Å². The normalized spacial score (nSPS) is 22.5. The molecule has 0 bridgehead atoms. The van der Waals surface area contributed by atoms with Crippen molar-refractivity contribution in [2.45, 2.75) is 56.2 Å². The van der Waals surface area contributed by atoms with Gasteiger partial charge in [-0.2, -0.15) is 0 Å². The summed E-state index contributed by atoms with van der Waals surface area (Å²) in [6.07, 6.45) is 1.57. The van der Waals surface area contributed by atoms with Crippen LogP contribution >= 0.6 is 0 Å². The molecular weight excluding hydrogens is 526 g/mol. The van der Waals surface area contributed by atoms with Crippen molar-refractivity contribution in [2.75, 3.05) is 26.2 Å². The van der Waals surface area contributed by atoms with Gasteiger partial charge < -0.3 is 37.0 Å². The molecule has 0 spiro atoms. The number of piperidine rings is 2. The van der Waals surface area contributed by atoms with Gasteiger partial charge in [0, 0.05) is 19.6 Å². The maximum atomic E-state index is 13.2. The fraction of sp³-hybridized carbons (Fsp3) is 0.583. The van der Waals surface area contributed by atoms with Crippen LogP contribution in [0, 0.1) is 16.7 Å². The first-order chi connectivity index (χ1) is 18.4. The number of aliphatic hydroxyl groups excluding tert-OH is 1. The second-order valence-corrected chi connectivity index (χ2v) is 11.8. The van der Waals surface area contributed by atoms with E-state index in [0.29, 0.717) is 38.0 Å². The quantitative estimate of drug-likeness (QED) is 0.120. The van der Waals surface area contributed by atoms with Gasteiger partial charge in [0.1, 0.15) is 12.3 Å². The lowest BCUT2D eigenvalue weighted by Crippen LogP contribution is -2.59. The standard InChI is InChI=1S/C24H39N9O5S/c25-23(26)32-10-4-8-17(14-32)12-19(31-39(37,38)15-16-6-2-1-3-7-16)21(35)29-13-20(34)30-18-9-5-11-33(22(18)36)24(27)28/h1-3,6-7,17-19,22,31,36H,4-5,8-15H2,(H3,25,26)(H3,27,28)(H,29,35)(H,30,34)/t17?,18-,19+,22+/m0/s1. The van der Waals surface area contributed by atoms with Gasteiger partial charge in [-0.05, 0) is 43.6 Å². The highest BCUT2D eigenvalue weighted by molar-refractivity contribution is 7.88. The summed E-state index contributed by atoms with van der Waals surface area (Å²) in [6, 6.07) is 6.77. The third-order valence-electron chi connectivity index (χ3n) is 6.94. The van der Waals surface area contributed by atoms with E-state index in [4.69, 9.17) is 22.3 Å². The largest absolute Gasteiger partial charge is 0.371 e. The first kappa shape index (κ1) is 30.1. The molecule has 39 heavy (non-hydrogen) atoms. The molecule has 1 aromatic carbocycles. The van der Waals surface area contributed by atoms with E-state index in [9.17, 15) is 23.1 Å². The van der Waals surface area contributed by atoms with Crippen molar-refractivity contribution in [3.05, 3.63) is 35.9 Å². The fourth-order valence-corrected chi connectivity index (χ4v) is 6.36. The second-order valence-electron chi connectivity index (χ2n) is 10.0. The Kier molecular flexibility index (Phi) is 10.5. The number of carbonyl (C=O) groups excluding carboxylic acids is 2. The van der Waals surface area contributed by atoms with Crippen LogP contribution in [-0.4, -0.2) is 91.5 Å². The topological polar surface area (TPSA) is 231 Å². The van der Waals surface area contributed by atoms with E-state index in [-0.39, 0.29) is 30.0 Å². The van der Waals surface area contributed by atoms with Gasteiger partial charge in [-0.3, -0.25) is 20.4 Å². The van der Waals surface area contributed by atoms with Gasteiger partial charge in [-0.25, -0.2) is 13.1 Å². The fourth-order valence-electron chi connectivity index (χ4n) is 5.01. The van der Waals surface area contributed by atoms with Crippen molar-refractivity contribution in [1.29, 1.82) is 10.8 Å². The molecule has 3 rings (SSSR count). The Morgan fingerprint density at radius 3 is 2.44 bits per heavy atom. The SMILES string of the molecule is N=C(N)N1CCCC(C[C@@H](NS(=O)(=O)Cc2ccccc2)C(=O)NCC(=O)N[C@H]2CCCN(C(=N)N)[C@@H]2O)C1. The number of aliphatic hydroxyl groups is 1. The number of amides is 2. The molecule has 15 heteroatoms. The molecule has 10 N–H and O–H groups in total. The van der Waals surface area contributed by atoms with E-state index in [1.165, 1.54) is 4.90 Å². The third-order valence-corrected chi connectivity index (χ3v) is 8.30. The van der Waals surface area contributed by atoms with Gasteiger partial charge in [0.05, 0.1) is 18.3 Å². The second kappa shape index (κ2) is 13.6. The number of hydrogen-bond acceptors (Lipinski definition) is 7. The molecule has 216 valence electrons. The van der Waals surface area contributed by atoms with E-state index in [1.807, 2.05) is 0 Å². The minimum Gasteiger partial charge on any atom is -0.371 e. The molecule has 0 radical (unpaired) electrons. The number of benzene rings is 1. The van der Waals surface area contributed by atoms with Gasteiger partial charge in [0.2, 0.25) is 21.8 Å². The summed E-state index contributed by atoms with van der Waals surface area (Å²) in [5.74, 6) is -2.00. The highest BCUT2D eigenvalue weighted by Crippen LogP contribution is 2.22. The molecule has 2 fully saturated rings. The Morgan fingerprint density at radius 2 is 1.77 bits per heavy atom. The van der Waals surface area contributed by atoms with Crippen molar-refractivity contribution >= 4 is 33.8 Å². The van der Waals surface area contributed by atoms with E-state index in [1.54, 1.807) is 35.2 Å². The minimum absolute atomic E-state index is 0.0738. The smallest absolute Gasteiger partial charge is 0.239 e. The summed E-state index contributed by atoms with van der Waals surface area (Å²) in [4.78, 5) is 28.7. The molecule has 2 amide bonds. The van der Waals surface area contributed by atoms with Gasteiger partial charge >= 0.3 is 0 Å². The number of nitrogens with one attached hydrogen (secondary N) is 5. The van der Waals surface area contributed by atoms with Crippen LogP contribution in [0.1, 0.15) is 37.7 Å². The number of hydrogen-bond donors (Lipinski definition) is 8. The molecule has 0 aromatic heterocycles. The average molecular weight is 566 g/mol. The zero-order valence-electron chi connectivity index (χ0n) is 21.8. The zero-order valence-corrected chi connectivity index (χ0v) is 22.6. The molecule has 4 atom stereocenters. The van der Waals surface area contributed by atoms with Crippen LogP contribution in [0.25, 0.3) is 0 Å². The molecule has 2 heterocycles. The Morgan fingerprint density at radius 1 is 1.08 bits per heavy atom. The van der Waals surface area contributed by atoms with Crippen LogP contribution in [0.15, 0.2) is 30.3 Å². The number of carbonyl (C=O) groups is 2. The summed E-state index contributed by atoms with van der Waals surface area (Å²) >= 11 is 0. The molecule has 1 aromatic rings. The molecule has 0 aliphatic carbocycles. The highest BCUT2D eigenvalue weighted by Gasteiger charge is 2.33. The summed E-state index contributed by atoms with van der Waals surface area (Å²) in [7, 11) is -3.90. The van der Waals surface area contributed by atoms with E-state index in [2.05, 4.69) is 15.4 Å². The maximum Gasteiger partial charge on any atom is 0.239 e. The Hall–Kier alpha value is -3.43. The molecule has 2 saturated heterocycles. The van der Waals surface area contributed by atoms with Crippen molar-refractivity contribution < 1.29 is 23.1 Å². The molecule has 1 unspecified atom stereocenters. The van der Waals surface area contributed by atoms with Crippen LogP contribution < -0.4 is 26.8 Å². The monoisotopic (exact) mass is 565 g/mol. The molecule has 14 nitrogen and oxygen atoms in total. The van der Waals surface area contributed by atoms with Gasteiger partial charge in [0.15, 0.2) is 11.9 Å². The lowest BCUT2D eigenvalue weighted by molar-refractivity contribution is -0.128. The third kappa shape index (κ3) is 9.07. The molecule has 0 saturated carbocycles. The average Bonchev–Trinajstić information content (AvgIpc) is 2.88. The summed E-state index contributed by atoms with van der Waals surface area (Å²) in [5.41, 5.74) is 11.7. The number of guanidine groups is 2. The molecule has 2 aliphatic heterocycles. The Balaban J connectivity index is 1.64. The minimum atomic E-state index is -3.90. The molecule has 2 aliphatic rings. The summed E-state index contributed by atoms with van der Waals surface area (Å²) in [5, 5.41) is 30.8. The predicted molar refractivity (Wildman–Crippen MR) is 146 cm³/mol. The number of rotatable bonds is 10. The van der Waals surface area contributed by atoms with Crippen molar-refractivity contribution in [1.82, 2.24) is 25.2 Å². The number of nitrogens with zero attached hydrogens (tertiary/aromatic N) is 2. The van der Waals surface area contributed by atoms with E-state index >= 15 is 0 Å². The number of sulfonamides is 1. The Bertz CT molecular complexity index is 1130. The first-order valence-corrected chi connectivity index (χ1v) is 14.6. The highest BCUT2D eigenvalue weighted by atomic mass is 32.2. The van der Waals surface area contributed by atoms with Crippen LogP contribution in [0.5, 0.6) is 0 Å². The van der Waals surface area contributed by atoms with Crippen LogP contribution in [0.4, 0.5) is 0 Å². The first-order valence-electron chi connectivity index (χ1n) is 12.9. The van der Waals surface area contributed by atoms with Gasteiger partial charge in [-0.1, -0.05) is 30.3 Å². The molecular formula is C24H39N9O5S. The lowest BCUT2D eigenvalue weighted by Gasteiger charge is -2.38. The van der Waals surface area contributed by atoms with Gasteiger partial charge in [-0.15, -0.1) is 0 Å². The van der Waals surface area contributed by atoms with E-state index in [0.717, 1.165) is 12.8 Å².